The molecule has 0 radical (unpaired) electrons. The van der Waals surface area contributed by atoms with E-state index in [1.165, 1.54) is 19.2 Å². The maximum absolute atomic E-state index is 11.7. The van der Waals surface area contributed by atoms with E-state index in [1.54, 1.807) is 12.1 Å². The first-order valence-corrected chi connectivity index (χ1v) is 8.95. The number of halogens is 1. The van der Waals surface area contributed by atoms with Gasteiger partial charge in [0, 0.05) is 23.3 Å². The molecule has 1 aromatic heterocycles. The summed E-state index contributed by atoms with van der Waals surface area (Å²) in [5.74, 6) is -0.0703. The minimum absolute atomic E-state index is 0.00756. The highest BCUT2D eigenvalue weighted by atomic mass is 35.5. The number of amides is 2. The Balaban J connectivity index is 1.58. The van der Waals surface area contributed by atoms with E-state index >= 15 is 0 Å². The number of ether oxygens (including phenoxy) is 1. The summed E-state index contributed by atoms with van der Waals surface area (Å²) in [6, 6.07) is 10.4. The van der Waals surface area contributed by atoms with Crippen molar-refractivity contribution in [2.24, 2.45) is 0 Å². The van der Waals surface area contributed by atoms with Crippen LogP contribution in [-0.2, 0) is 16.1 Å². The summed E-state index contributed by atoms with van der Waals surface area (Å²) in [5, 5.41) is 8.69. The molecule has 0 aliphatic rings. The van der Waals surface area contributed by atoms with Gasteiger partial charge in [0.25, 0.3) is 0 Å². The van der Waals surface area contributed by atoms with E-state index in [9.17, 15) is 14.4 Å². The fourth-order valence-electron chi connectivity index (χ4n) is 2.17. The molecule has 0 bridgehead atoms. The molecule has 0 unspecified atom stereocenters. The molecule has 0 atom stereocenters. The van der Waals surface area contributed by atoms with Crippen LogP contribution in [-0.4, -0.2) is 42.5 Å². The predicted octanol–water partition coefficient (Wildman–Crippen LogP) is 2.39. The molecular formula is C19H21ClN4O4. The molecule has 0 spiro atoms. The summed E-state index contributed by atoms with van der Waals surface area (Å²) in [7, 11) is 0. The largest absolute Gasteiger partial charge is 0.447 e. The molecule has 2 amide bonds. The van der Waals surface area contributed by atoms with Crippen molar-refractivity contribution in [3.05, 3.63) is 58.7 Å². The minimum atomic E-state index is -0.700. The topological polar surface area (TPSA) is 109 Å². The number of hydrogen-bond acceptors (Lipinski definition) is 6. The monoisotopic (exact) mass is 404 g/mol. The lowest BCUT2D eigenvalue weighted by molar-refractivity contribution is -0.120. The van der Waals surface area contributed by atoms with Crippen LogP contribution in [0.4, 0.5) is 10.6 Å². The number of pyridine rings is 1. The zero-order valence-electron chi connectivity index (χ0n) is 15.3. The number of carbonyl (C=O) groups is 3. The summed E-state index contributed by atoms with van der Waals surface area (Å²) in [6.07, 6.45) is 0.669. The number of Topliss-reactive ketones (excluding diaryl/α,β-unsaturated/α-hetero) is 1. The molecule has 2 aromatic rings. The standard InChI is InChI=1S/C19H21ClN4O4/c1-13(25)14-6-7-17(23-11-14)24-19(27)28-9-8-22-18(26)12-21-10-15-4-2-3-5-16(15)20/h2-7,11,21H,8-10,12H2,1H3,(H,22,26)(H,23,24,27). The van der Waals surface area contributed by atoms with E-state index in [0.29, 0.717) is 17.1 Å². The predicted molar refractivity (Wildman–Crippen MR) is 105 cm³/mol. The van der Waals surface area contributed by atoms with E-state index in [-0.39, 0.29) is 37.2 Å². The van der Waals surface area contributed by atoms with Crippen LogP contribution in [0.3, 0.4) is 0 Å². The molecule has 1 heterocycles. The lowest BCUT2D eigenvalue weighted by atomic mass is 10.2. The summed E-state index contributed by atoms with van der Waals surface area (Å²) in [6.45, 7) is 2.20. The van der Waals surface area contributed by atoms with Crippen molar-refractivity contribution in [3.63, 3.8) is 0 Å². The molecule has 9 heteroatoms. The van der Waals surface area contributed by atoms with Gasteiger partial charge in [0.15, 0.2) is 5.78 Å². The molecule has 0 aliphatic heterocycles. The van der Waals surface area contributed by atoms with E-state index in [1.807, 2.05) is 18.2 Å². The van der Waals surface area contributed by atoms with Crippen molar-refractivity contribution >= 4 is 35.2 Å². The second-order valence-electron chi connectivity index (χ2n) is 5.79. The van der Waals surface area contributed by atoms with Crippen LogP contribution in [0.2, 0.25) is 5.02 Å². The van der Waals surface area contributed by atoms with Gasteiger partial charge in [-0.05, 0) is 30.7 Å². The Morgan fingerprint density at radius 3 is 2.61 bits per heavy atom. The summed E-state index contributed by atoms with van der Waals surface area (Å²) in [5.41, 5.74) is 1.35. The number of ketones is 1. The van der Waals surface area contributed by atoms with Gasteiger partial charge in [0.05, 0.1) is 13.1 Å². The van der Waals surface area contributed by atoms with Gasteiger partial charge < -0.3 is 15.4 Å². The Bertz CT molecular complexity index is 827. The van der Waals surface area contributed by atoms with E-state index in [4.69, 9.17) is 16.3 Å². The van der Waals surface area contributed by atoms with E-state index < -0.39 is 6.09 Å². The van der Waals surface area contributed by atoms with Gasteiger partial charge in [0.1, 0.15) is 12.4 Å². The van der Waals surface area contributed by atoms with Gasteiger partial charge in [-0.1, -0.05) is 29.8 Å². The molecule has 2 rings (SSSR count). The highest BCUT2D eigenvalue weighted by Gasteiger charge is 2.07. The number of anilines is 1. The molecule has 1 aromatic carbocycles. The van der Waals surface area contributed by atoms with Gasteiger partial charge in [0.2, 0.25) is 5.91 Å². The lowest BCUT2D eigenvalue weighted by Crippen LogP contribution is -2.36. The average Bonchev–Trinajstić information content (AvgIpc) is 2.67. The first-order valence-electron chi connectivity index (χ1n) is 8.57. The molecule has 3 N–H and O–H groups in total. The van der Waals surface area contributed by atoms with Crippen molar-refractivity contribution < 1.29 is 19.1 Å². The van der Waals surface area contributed by atoms with Crippen molar-refractivity contribution in [1.82, 2.24) is 15.6 Å². The van der Waals surface area contributed by atoms with Gasteiger partial charge in [-0.3, -0.25) is 14.9 Å². The second-order valence-corrected chi connectivity index (χ2v) is 6.20. The van der Waals surface area contributed by atoms with Crippen molar-refractivity contribution in [3.8, 4) is 0 Å². The number of nitrogens with zero attached hydrogens (tertiary/aromatic N) is 1. The minimum Gasteiger partial charge on any atom is -0.447 e. The first-order chi connectivity index (χ1) is 13.5. The smallest absolute Gasteiger partial charge is 0.412 e. The van der Waals surface area contributed by atoms with Gasteiger partial charge in [-0.25, -0.2) is 9.78 Å². The fraction of sp³-hybridized carbons (Fsp3) is 0.263. The van der Waals surface area contributed by atoms with Crippen LogP contribution in [0.1, 0.15) is 22.8 Å². The van der Waals surface area contributed by atoms with Crippen LogP contribution in [0.25, 0.3) is 0 Å². The summed E-state index contributed by atoms with van der Waals surface area (Å²) < 4.78 is 4.95. The maximum atomic E-state index is 11.7. The fourth-order valence-corrected chi connectivity index (χ4v) is 2.37. The first kappa shape index (κ1) is 21.3. The third kappa shape index (κ3) is 7.34. The third-order valence-corrected chi connectivity index (χ3v) is 3.99. The summed E-state index contributed by atoms with van der Waals surface area (Å²) in [4.78, 5) is 38.5. The average molecular weight is 405 g/mol. The highest BCUT2D eigenvalue weighted by molar-refractivity contribution is 6.31. The van der Waals surface area contributed by atoms with E-state index in [0.717, 1.165) is 5.56 Å². The van der Waals surface area contributed by atoms with Gasteiger partial charge >= 0.3 is 6.09 Å². The Hall–Kier alpha value is -2.97. The lowest BCUT2D eigenvalue weighted by Gasteiger charge is -2.09. The molecule has 0 fully saturated rings. The number of benzene rings is 1. The normalized spacial score (nSPS) is 10.2. The number of hydrogen-bond donors (Lipinski definition) is 3. The Kier molecular flexibility index (Phi) is 8.38. The molecule has 0 aliphatic carbocycles. The highest BCUT2D eigenvalue weighted by Crippen LogP contribution is 2.14. The molecule has 0 saturated heterocycles. The molecule has 0 saturated carbocycles. The third-order valence-electron chi connectivity index (χ3n) is 3.62. The van der Waals surface area contributed by atoms with Gasteiger partial charge in [-0.15, -0.1) is 0 Å². The number of nitrogens with one attached hydrogen (secondary N) is 3. The zero-order valence-corrected chi connectivity index (χ0v) is 16.1. The number of aromatic nitrogens is 1. The van der Waals surface area contributed by atoms with Crippen molar-refractivity contribution in [2.75, 3.05) is 25.0 Å². The van der Waals surface area contributed by atoms with Crippen molar-refractivity contribution in [1.29, 1.82) is 0 Å². The van der Waals surface area contributed by atoms with Crippen LogP contribution in [0.15, 0.2) is 42.6 Å². The Morgan fingerprint density at radius 1 is 1.14 bits per heavy atom. The Labute approximate surface area is 167 Å². The Morgan fingerprint density at radius 2 is 1.93 bits per heavy atom. The molecule has 8 nitrogen and oxygen atoms in total. The van der Waals surface area contributed by atoms with Gasteiger partial charge in [-0.2, -0.15) is 0 Å². The molecular weight excluding hydrogens is 384 g/mol. The zero-order chi connectivity index (χ0) is 20.4. The quantitative estimate of drug-likeness (QED) is 0.437. The number of carbonyl (C=O) groups excluding carboxylic acids is 3. The van der Waals surface area contributed by atoms with Crippen molar-refractivity contribution in [2.45, 2.75) is 13.5 Å². The van der Waals surface area contributed by atoms with Crippen LogP contribution in [0, 0.1) is 0 Å². The summed E-state index contributed by atoms with van der Waals surface area (Å²) >= 11 is 6.04. The van der Waals surface area contributed by atoms with Crippen LogP contribution < -0.4 is 16.0 Å². The maximum Gasteiger partial charge on any atom is 0.412 e. The molecule has 28 heavy (non-hydrogen) atoms. The SMILES string of the molecule is CC(=O)c1ccc(NC(=O)OCCNC(=O)CNCc2ccccc2Cl)nc1. The van der Waals surface area contributed by atoms with Crippen LogP contribution >= 0.6 is 11.6 Å². The number of rotatable bonds is 9. The molecule has 148 valence electrons. The van der Waals surface area contributed by atoms with E-state index in [2.05, 4.69) is 20.9 Å². The second kappa shape index (κ2) is 11.0. The van der Waals surface area contributed by atoms with Crippen LogP contribution in [0.5, 0.6) is 0 Å².